The Balaban J connectivity index is 0.000000506. The van der Waals surface area contributed by atoms with E-state index in [1.807, 2.05) is 35.5 Å². The molecule has 0 bridgehead atoms. The highest BCUT2D eigenvalue weighted by atomic mass is 32.1. The molecule has 6 rings (SSSR count). The first-order chi connectivity index (χ1) is 68.3. The Morgan fingerprint density at radius 2 is 0.541 bits per heavy atom. The van der Waals surface area contributed by atoms with Gasteiger partial charge in [0.25, 0.3) is 35.4 Å². The minimum absolute atomic E-state index is 0.00603. The molecule has 3 aliphatic rings. The molecule has 0 saturated carbocycles. The Hall–Kier alpha value is -13.2. The highest BCUT2D eigenvalue weighted by molar-refractivity contribution is 7.00. The molecule has 54 nitrogen and oxygen atoms in total. The van der Waals surface area contributed by atoms with E-state index in [1.54, 1.807) is 48.5 Å². The number of hydrogen-bond donors (Lipinski definition) is 0. The Morgan fingerprint density at radius 1 is 0.301 bits per heavy atom. The fraction of sp³-hybridized carbons (Fsp3) is 0.697. The van der Waals surface area contributed by atoms with Crippen LogP contribution in [0.1, 0.15) is 166 Å². The predicted octanol–water partition coefficient (Wildman–Crippen LogP) is 2.08. The number of amides is 3. The first kappa shape index (κ1) is 125. The van der Waals surface area contributed by atoms with E-state index in [0.29, 0.717) is 114 Å². The van der Waals surface area contributed by atoms with Crippen molar-refractivity contribution in [1.29, 1.82) is 0 Å². The van der Waals surface area contributed by atoms with Crippen molar-refractivity contribution in [3.63, 3.8) is 0 Å². The largest absolute Gasteiger partial charge is 0.484 e. The van der Waals surface area contributed by atoms with E-state index in [4.69, 9.17) is 99.5 Å². The smallest absolute Gasteiger partial charge is 0.347 e. The molecule has 3 amide bonds. The minimum atomic E-state index is -1.65. The van der Waals surface area contributed by atoms with Gasteiger partial charge in [0.1, 0.15) is 19.8 Å². The van der Waals surface area contributed by atoms with E-state index < -0.39 is 249 Å². The van der Waals surface area contributed by atoms with Gasteiger partial charge in [-0.3, -0.25) is 38.4 Å². The van der Waals surface area contributed by atoms with Crippen LogP contribution in [-0.2, 0) is 186 Å². The number of carbonyl (C=O) groups is 19. The number of morpholine rings is 3. The van der Waals surface area contributed by atoms with Gasteiger partial charge in [0.15, 0.2) is 106 Å². The second-order valence-corrected chi connectivity index (χ2v) is 36.8. The number of ether oxygens (including phenoxy) is 23. The van der Waals surface area contributed by atoms with Crippen LogP contribution in [-0.4, -0.2) is 395 Å². The van der Waals surface area contributed by atoms with Crippen LogP contribution in [0.5, 0.6) is 17.6 Å². The second-order valence-electron chi connectivity index (χ2n) is 35.2. The van der Waals surface area contributed by atoms with Crippen molar-refractivity contribution in [2.75, 3.05) is 166 Å². The SMILES string of the molecule is C=C(C)OC(C)C(=O)OC(C)C(=O)N(C[C@@H](COc1nsnc1N1CCOCC1)OC(C)=O)C(C)(C)C.CC(=O)OC(C)C(=O)OC(C)C(=O)OCC(=O)OCC(=O)O[C@H](COc1nsnc1N1CCOCC1)CN(C(=O)COC(=O)COC(=O)C(C)OC(=O)C(C)OC(=O)C(C)OC(=O)C(C)OC(C)=O)C(C)(C)C.CC(=O)OC(C)C(=O)OCC(=O)N(C[C@@H](COc1nsnc1N1CCOCC1)OC(C)=O)C(C)(C)C. The third kappa shape index (κ3) is 46.1. The van der Waals surface area contributed by atoms with Gasteiger partial charge in [0, 0.05) is 90.5 Å². The van der Waals surface area contributed by atoms with E-state index in [-0.39, 0.29) is 32.2 Å². The summed E-state index contributed by atoms with van der Waals surface area (Å²) in [7, 11) is 0. The summed E-state index contributed by atoms with van der Waals surface area (Å²) in [5, 5.41) is 0. The lowest BCUT2D eigenvalue weighted by Gasteiger charge is -2.39. The van der Waals surface area contributed by atoms with E-state index in [2.05, 4.69) is 42.3 Å². The third-order valence-electron chi connectivity index (χ3n) is 19.5. The molecule has 57 heteroatoms. The molecular weight excluding hydrogens is 2010 g/mol. The van der Waals surface area contributed by atoms with Gasteiger partial charge in [-0.1, -0.05) is 6.58 Å². The maximum atomic E-state index is 13.6. The summed E-state index contributed by atoms with van der Waals surface area (Å²) in [4.78, 5) is 243. The fourth-order valence-electron chi connectivity index (χ4n) is 12.4. The minimum Gasteiger partial charge on any atom is -0.484 e. The molecule has 818 valence electrons. The van der Waals surface area contributed by atoms with Crippen molar-refractivity contribution in [1.82, 2.24) is 40.9 Å². The highest BCUT2D eigenvalue weighted by Gasteiger charge is 2.41. The van der Waals surface area contributed by atoms with E-state index in [1.165, 1.54) is 70.1 Å². The van der Waals surface area contributed by atoms with Crippen LogP contribution in [0.25, 0.3) is 0 Å². The van der Waals surface area contributed by atoms with Crippen LogP contribution in [0.4, 0.5) is 17.5 Å². The van der Waals surface area contributed by atoms with Crippen molar-refractivity contribution in [3.8, 4) is 17.6 Å². The van der Waals surface area contributed by atoms with Crippen LogP contribution < -0.4 is 28.9 Å². The first-order valence-corrected chi connectivity index (χ1v) is 47.9. The van der Waals surface area contributed by atoms with Crippen molar-refractivity contribution >= 4 is 166 Å². The Morgan fingerprint density at radius 3 is 0.836 bits per heavy atom. The Labute approximate surface area is 854 Å². The molecule has 0 aromatic carbocycles. The fourth-order valence-corrected chi connectivity index (χ4v) is 14.0. The summed E-state index contributed by atoms with van der Waals surface area (Å²) in [5.74, 6) is -14.5. The zero-order valence-corrected chi connectivity index (χ0v) is 88.6. The van der Waals surface area contributed by atoms with Gasteiger partial charge in [-0.2, -0.15) is 13.1 Å². The van der Waals surface area contributed by atoms with Gasteiger partial charge >= 0.3 is 95.5 Å². The van der Waals surface area contributed by atoms with Crippen molar-refractivity contribution in [2.45, 2.75) is 256 Å². The number of carbonyl (C=O) groups excluding carboxylic acids is 19. The molecule has 6 heterocycles. The number of hydrogen-bond acceptors (Lipinski definition) is 54. The third-order valence-corrected chi connectivity index (χ3v) is 21.0. The topological polar surface area (TPSA) is 633 Å². The molecular formula is C89H132N12O42S3. The Kier molecular flexibility index (Phi) is 52.6. The van der Waals surface area contributed by atoms with Gasteiger partial charge in [-0.05, 0) is 132 Å². The molecule has 3 aliphatic heterocycles. The first-order valence-electron chi connectivity index (χ1n) is 45.7. The predicted molar refractivity (Wildman–Crippen MR) is 502 cm³/mol. The molecule has 146 heavy (non-hydrogen) atoms. The average Bonchev–Trinajstić information content (AvgIpc) is 1.81. The number of allylic oxidation sites excluding steroid dienone is 1. The van der Waals surface area contributed by atoms with Crippen LogP contribution in [0, 0.1) is 0 Å². The van der Waals surface area contributed by atoms with Gasteiger partial charge in [-0.25, -0.2) is 52.7 Å². The second kappa shape index (κ2) is 61.3. The maximum Gasteiger partial charge on any atom is 0.347 e. The number of anilines is 3. The lowest BCUT2D eigenvalue weighted by molar-refractivity contribution is -0.185. The number of nitrogens with zero attached hydrogens (tertiary/aromatic N) is 12. The highest BCUT2D eigenvalue weighted by Crippen LogP contribution is 2.32. The standard InChI is InChI=1S/C43H60N4O25S.C24H38N4O8S.C22H34N4O9S/c1-22(68-39(56)24(3)66-28(7)48)37(54)65-20-33(52)62-21-34(53)72-30(17-63-36-35(44-73-45-36)46-12-14-60-15-13-46)16-47(43(9,10)11)31(50)18-61-32(51)19-64-38(55)23(2)69-41(58)26(5)71-42(59)27(6)70-40(57)25(4)67-29(8)49;1-15(2)34-17(4)23(31)35-16(3)22(30)28(24(6,7)8)13-19(36-18(5)29)14-33-21-20(25-37-26-21)27-9-11-32-12-10-27;1-14(34-15(2)27)21(30)33-13-18(29)26(22(4,5)6)11-17(35-16(3)28)12-32-20-19(23-36-24-20)25-7-9-31-10-8-25/h22-27,30H,12-21H2,1-11H3;16-17,19H,1,9-14H2,2-8H3;14,17H,7-13H2,1-6H3/t22?,23?,24?,25?,26?,27?,30-;16?,17?,19-;14?,17-/m000/s1. The number of rotatable bonds is 50. The lowest BCUT2D eigenvalue weighted by Crippen LogP contribution is -2.54. The average molecular weight is 2140 g/mol. The molecule has 3 aromatic heterocycles. The van der Waals surface area contributed by atoms with Gasteiger partial charge in [0.05, 0.1) is 100 Å². The summed E-state index contributed by atoms with van der Waals surface area (Å²) >= 11 is 2.87. The van der Waals surface area contributed by atoms with Crippen LogP contribution in [0.15, 0.2) is 12.3 Å². The van der Waals surface area contributed by atoms with Crippen molar-refractivity contribution in [2.24, 2.45) is 0 Å². The summed E-state index contributed by atoms with van der Waals surface area (Å²) < 4.78 is 145. The molecule has 12 atom stereocenters. The molecule has 3 aromatic rings. The maximum absolute atomic E-state index is 13.6. The van der Waals surface area contributed by atoms with Crippen LogP contribution >= 0.6 is 35.2 Å². The summed E-state index contributed by atoms with van der Waals surface area (Å²) in [6, 6.07) is 0. The molecule has 3 fully saturated rings. The summed E-state index contributed by atoms with van der Waals surface area (Å²) in [5.41, 5.74) is -2.44. The lowest BCUT2D eigenvalue weighted by atomic mass is 10.0. The van der Waals surface area contributed by atoms with Crippen LogP contribution in [0.3, 0.4) is 0 Å². The van der Waals surface area contributed by atoms with Crippen molar-refractivity contribution in [3.05, 3.63) is 12.3 Å². The van der Waals surface area contributed by atoms with Gasteiger partial charge < -0.3 is 138 Å². The molecule has 0 spiro atoms. The zero-order chi connectivity index (χ0) is 110. The molecule has 0 aliphatic carbocycles. The van der Waals surface area contributed by atoms with Crippen LogP contribution in [0.2, 0.25) is 0 Å². The summed E-state index contributed by atoms with van der Waals surface area (Å²) in [6.45, 7) is 39.0. The van der Waals surface area contributed by atoms with Gasteiger partial charge in [-0.15, -0.1) is 13.1 Å². The van der Waals surface area contributed by atoms with E-state index >= 15 is 0 Å². The molecule has 9 unspecified atom stereocenters. The van der Waals surface area contributed by atoms with E-state index in [9.17, 15) is 91.1 Å². The zero-order valence-electron chi connectivity index (χ0n) is 86.1. The Bertz CT molecular complexity index is 4880. The van der Waals surface area contributed by atoms with Crippen molar-refractivity contribution < 1.29 is 200 Å². The molecule has 3 saturated heterocycles. The van der Waals surface area contributed by atoms with Gasteiger partial charge in [0.2, 0.25) is 17.5 Å². The normalized spacial score (nSPS) is 15.5. The molecule has 0 N–H and O–H groups in total. The quantitative estimate of drug-likeness (QED) is 0.0443. The monoisotopic (exact) mass is 2140 g/mol. The molecule has 0 radical (unpaired) electrons. The van der Waals surface area contributed by atoms with E-state index in [0.717, 1.165) is 76.7 Å². The number of esters is 16. The number of aromatic nitrogens is 6. The summed E-state index contributed by atoms with van der Waals surface area (Å²) in [6.07, 6.45) is -15.1.